The molecule has 5 heterocycles. The molecule has 0 amide bonds. The zero-order chi connectivity index (χ0) is 25.6. The predicted octanol–water partition coefficient (Wildman–Crippen LogP) is 8.26. The second kappa shape index (κ2) is 9.01. The van der Waals surface area contributed by atoms with Crippen molar-refractivity contribution < 1.29 is 0 Å². The summed E-state index contributed by atoms with van der Waals surface area (Å²) in [6, 6.07) is 14.8. The minimum Gasteiger partial charge on any atom is -0.358 e. The SMILES string of the molecule is C=C(CC(C)(C)C)Nc1cncc(-c2ccc3[nH]nc(-c4cc5c(-c6ccsc6)ccnc5[nH]4)c3c2)c1. The van der Waals surface area contributed by atoms with Gasteiger partial charge in [-0.1, -0.05) is 33.4 Å². The van der Waals surface area contributed by atoms with Crippen LogP contribution in [0.1, 0.15) is 27.2 Å². The lowest BCUT2D eigenvalue weighted by Crippen LogP contribution is -2.10. The lowest BCUT2D eigenvalue weighted by Gasteiger charge is -2.20. The van der Waals surface area contributed by atoms with Gasteiger partial charge in [-0.25, -0.2) is 4.98 Å². The van der Waals surface area contributed by atoms with Gasteiger partial charge in [-0.05, 0) is 75.7 Å². The third-order valence-corrected chi connectivity index (χ3v) is 7.00. The van der Waals surface area contributed by atoms with E-state index in [2.05, 4.69) is 111 Å². The molecule has 0 saturated heterocycles. The molecule has 0 aliphatic heterocycles. The van der Waals surface area contributed by atoms with Crippen LogP contribution in [-0.2, 0) is 0 Å². The summed E-state index contributed by atoms with van der Waals surface area (Å²) in [6.45, 7) is 10.8. The summed E-state index contributed by atoms with van der Waals surface area (Å²) in [5, 5.41) is 17.6. The van der Waals surface area contributed by atoms with E-state index in [1.807, 2.05) is 18.6 Å². The van der Waals surface area contributed by atoms with Gasteiger partial charge in [-0.15, -0.1) is 0 Å². The standard InChI is InChI=1S/C30H28N6S/c1-18(14-30(2,3)4)33-22-11-21(15-31-16-22)19-5-6-26-25(12-19)28(36-35-26)27-13-24-23(20-8-10-37-17-20)7-9-32-29(24)34-27/h5-13,15-17,33H,1,14H2,2-4H3,(H,32,34)(H,35,36). The quantitative estimate of drug-likeness (QED) is 0.213. The molecule has 0 atom stereocenters. The molecule has 37 heavy (non-hydrogen) atoms. The highest BCUT2D eigenvalue weighted by molar-refractivity contribution is 7.08. The molecule has 0 bridgehead atoms. The van der Waals surface area contributed by atoms with Crippen LogP contribution < -0.4 is 5.32 Å². The number of nitrogens with one attached hydrogen (secondary N) is 3. The van der Waals surface area contributed by atoms with Crippen molar-refractivity contribution in [2.45, 2.75) is 27.2 Å². The first-order valence-electron chi connectivity index (χ1n) is 12.2. The molecule has 6 aromatic rings. The molecule has 0 saturated carbocycles. The molecule has 1 aromatic carbocycles. The summed E-state index contributed by atoms with van der Waals surface area (Å²) in [7, 11) is 0. The topological polar surface area (TPSA) is 82.3 Å². The second-order valence-electron chi connectivity index (χ2n) is 10.6. The number of nitrogens with zero attached hydrogens (tertiary/aromatic N) is 3. The maximum absolute atomic E-state index is 4.66. The number of allylic oxidation sites excluding steroid dienone is 1. The maximum Gasteiger partial charge on any atom is 0.138 e. The van der Waals surface area contributed by atoms with Crippen LogP contribution in [-0.4, -0.2) is 25.1 Å². The maximum atomic E-state index is 4.66. The Morgan fingerprint density at radius 1 is 1.00 bits per heavy atom. The van der Waals surface area contributed by atoms with E-state index in [-0.39, 0.29) is 5.41 Å². The van der Waals surface area contributed by atoms with Crippen molar-refractivity contribution in [3.63, 3.8) is 0 Å². The van der Waals surface area contributed by atoms with E-state index in [1.165, 1.54) is 5.56 Å². The summed E-state index contributed by atoms with van der Waals surface area (Å²) in [5.74, 6) is 0. The van der Waals surface area contributed by atoms with Gasteiger partial charge in [-0.3, -0.25) is 10.1 Å². The van der Waals surface area contributed by atoms with E-state index < -0.39 is 0 Å². The van der Waals surface area contributed by atoms with Crippen molar-refractivity contribution in [1.29, 1.82) is 0 Å². The third-order valence-electron chi connectivity index (χ3n) is 6.32. The van der Waals surface area contributed by atoms with Crippen LogP contribution in [0.2, 0.25) is 0 Å². The normalized spacial score (nSPS) is 11.9. The number of rotatable bonds is 6. The van der Waals surface area contributed by atoms with E-state index in [1.54, 1.807) is 11.3 Å². The summed E-state index contributed by atoms with van der Waals surface area (Å²) in [5.41, 5.74) is 10.2. The highest BCUT2D eigenvalue weighted by Crippen LogP contribution is 2.35. The lowest BCUT2D eigenvalue weighted by molar-refractivity contribution is 0.411. The summed E-state index contributed by atoms with van der Waals surface area (Å²) < 4.78 is 0. The van der Waals surface area contributed by atoms with Crippen molar-refractivity contribution in [3.8, 4) is 33.6 Å². The van der Waals surface area contributed by atoms with Gasteiger partial charge in [0.2, 0.25) is 0 Å². The van der Waals surface area contributed by atoms with E-state index in [0.29, 0.717) is 0 Å². The molecule has 0 aliphatic carbocycles. The van der Waals surface area contributed by atoms with Gasteiger partial charge in [0.05, 0.1) is 23.1 Å². The van der Waals surface area contributed by atoms with Crippen molar-refractivity contribution in [2.75, 3.05) is 5.32 Å². The van der Waals surface area contributed by atoms with Gasteiger partial charge in [-0.2, -0.15) is 16.4 Å². The van der Waals surface area contributed by atoms with Crippen LogP contribution >= 0.6 is 11.3 Å². The Kier molecular flexibility index (Phi) is 5.65. The number of thiophene rings is 1. The number of pyridine rings is 2. The Morgan fingerprint density at radius 3 is 2.70 bits per heavy atom. The van der Waals surface area contributed by atoms with Crippen molar-refractivity contribution in [3.05, 3.63) is 84.1 Å². The van der Waals surface area contributed by atoms with Crippen LogP contribution in [0.4, 0.5) is 5.69 Å². The van der Waals surface area contributed by atoms with E-state index >= 15 is 0 Å². The van der Waals surface area contributed by atoms with E-state index in [9.17, 15) is 0 Å². The van der Waals surface area contributed by atoms with Crippen LogP contribution in [0.3, 0.4) is 0 Å². The fourth-order valence-electron chi connectivity index (χ4n) is 4.78. The Morgan fingerprint density at radius 2 is 1.89 bits per heavy atom. The molecule has 0 spiro atoms. The number of benzene rings is 1. The van der Waals surface area contributed by atoms with Crippen molar-refractivity contribution >= 4 is 39.0 Å². The molecule has 0 aliphatic rings. The molecule has 5 aromatic heterocycles. The molecule has 7 heteroatoms. The van der Waals surface area contributed by atoms with Crippen LogP contribution in [0.5, 0.6) is 0 Å². The first kappa shape index (κ1) is 23.2. The minimum absolute atomic E-state index is 0.167. The van der Waals surface area contributed by atoms with Gasteiger partial charge < -0.3 is 10.3 Å². The molecule has 0 fully saturated rings. The number of fused-ring (bicyclic) bond motifs is 2. The zero-order valence-corrected chi connectivity index (χ0v) is 21.9. The molecule has 0 unspecified atom stereocenters. The van der Waals surface area contributed by atoms with Gasteiger partial charge in [0.15, 0.2) is 0 Å². The number of hydrogen-bond acceptors (Lipinski definition) is 5. The first-order chi connectivity index (χ1) is 17.8. The number of aromatic amines is 2. The first-order valence-corrected chi connectivity index (χ1v) is 13.2. The lowest BCUT2D eigenvalue weighted by atomic mass is 9.91. The summed E-state index contributed by atoms with van der Waals surface area (Å²) in [4.78, 5) is 12.5. The van der Waals surface area contributed by atoms with Gasteiger partial charge in [0.25, 0.3) is 0 Å². The monoisotopic (exact) mass is 504 g/mol. The number of H-pyrrole nitrogens is 2. The summed E-state index contributed by atoms with van der Waals surface area (Å²) in [6.07, 6.45) is 6.45. The minimum atomic E-state index is 0.167. The highest BCUT2D eigenvalue weighted by Gasteiger charge is 2.16. The zero-order valence-electron chi connectivity index (χ0n) is 21.1. The van der Waals surface area contributed by atoms with Crippen molar-refractivity contribution in [2.24, 2.45) is 5.41 Å². The van der Waals surface area contributed by atoms with Gasteiger partial charge in [0.1, 0.15) is 11.3 Å². The van der Waals surface area contributed by atoms with Crippen LogP contribution in [0.25, 0.3) is 55.6 Å². The largest absolute Gasteiger partial charge is 0.358 e. The molecule has 6 nitrogen and oxygen atoms in total. The predicted molar refractivity (Wildman–Crippen MR) is 155 cm³/mol. The Bertz CT molecular complexity index is 1730. The number of hydrogen-bond donors (Lipinski definition) is 3. The molecule has 3 N–H and O–H groups in total. The second-order valence-corrected chi connectivity index (χ2v) is 11.4. The number of anilines is 1. The fraction of sp³-hybridized carbons (Fsp3) is 0.167. The Balaban J connectivity index is 1.36. The molecular formula is C30H28N6S. The third kappa shape index (κ3) is 4.66. The Hall–Kier alpha value is -4.23. The smallest absolute Gasteiger partial charge is 0.138 e. The molecule has 0 radical (unpaired) electrons. The van der Waals surface area contributed by atoms with Crippen LogP contribution in [0.15, 0.2) is 84.1 Å². The summed E-state index contributed by atoms with van der Waals surface area (Å²) >= 11 is 1.69. The average molecular weight is 505 g/mol. The van der Waals surface area contributed by atoms with Crippen molar-refractivity contribution in [1.82, 2.24) is 25.1 Å². The van der Waals surface area contributed by atoms with Gasteiger partial charge in [0, 0.05) is 34.4 Å². The molecule has 6 rings (SSSR count). The highest BCUT2D eigenvalue weighted by atomic mass is 32.1. The van der Waals surface area contributed by atoms with E-state index in [4.69, 9.17) is 0 Å². The van der Waals surface area contributed by atoms with Gasteiger partial charge >= 0.3 is 0 Å². The van der Waals surface area contributed by atoms with E-state index in [0.717, 1.165) is 67.8 Å². The Labute approximate surface area is 219 Å². The average Bonchev–Trinajstić information content (AvgIpc) is 3.61. The van der Waals surface area contributed by atoms with Crippen LogP contribution in [0, 0.1) is 5.41 Å². The number of aromatic nitrogens is 5. The fourth-order valence-corrected chi connectivity index (χ4v) is 5.43. The molecular weight excluding hydrogens is 476 g/mol. The molecule has 184 valence electrons.